The Balaban J connectivity index is 1.38. The molecule has 5 rings (SSSR count). The zero-order valence-corrected chi connectivity index (χ0v) is 22.8. The van der Waals surface area contributed by atoms with E-state index in [0.29, 0.717) is 42.5 Å². The van der Waals surface area contributed by atoms with Gasteiger partial charge in [-0.15, -0.1) is 0 Å². The number of anilines is 1. The van der Waals surface area contributed by atoms with E-state index in [0.717, 1.165) is 27.8 Å². The number of hydrogen-bond acceptors (Lipinski definition) is 5. The van der Waals surface area contributed by atoms with E-state index >= 15 is 0 Å². The van der Waals surface area contributed by atoms with Crippen LogP contribution in [0.1, 0.15) is 36.5 Å². The predicted molar refractivity (Wildman–Crippen MR) is 149 cm³/mol. The van der Waals surface area contributed by atoms with Gasteiger partial charge in [0, 0.05) is 19.0 Å². The number of rotatable bonds is 7. The molecule has 6 nitrogen and oxygen atoms in total. The first-order chi connectivity index (χ1) is 17.9. The fourth-order valence-electron chi connectivity index (χ4n) is 4.82. The summed E-state index contributed by atoms with van der Waals surface area (Å²) in [5, 5.41) is 0.694. The highest BCUT2D eigenvalue weighted by Crippen LogP contribution is 2.34. The molecule has 1 saturated heterocycles. The summed E-state index contributed by atoms with van der Waals surface area (Å²) in [7, 11) is -3.58. The number of amides is 1. The first kappa shape index (κ1) is 25.6. The van der Waals surface area contributed by atoms with Crippen LogP contribution in [0.2, 0.25) is 0 Å². The van der Waals surface area contributed by atoms with Crippen molar-refractivity contribution < 1.29 is 13.2 Å². The summed E-state index contributed by atoms with van der Waals surface area (Å²) in [5.74, 6) is -0.251. The molecule has 0 N–H and O–H groups in total. The molecule has 0 spiro atoms. The minimum absolute atomic E-state index is 0.00772. The summed E-state index contributed by atoms with van der Waals surface area (Å²) in [5.41, 5.74) is 4.17. The van der Waals surface area contributed by atoms with E-state index in [9.17, 15) is 13.2 Å². The molecular formula is C29H31N3O3S2. The lowest BCUT2D eigenvalue weighted by Gasteiger charge is -2.33. The summed E-state index contributed by atoms with van der Waals surface area (Å²) in [6.45, 7) is 5.13. The second-order valence-electron chi connectivity index (χ2n) is 9.52. The van der Waals surface area contributed by atoms with E-state index in [-0.39, 0.29) is 11.8 Å². The molecule has 4 aromatic rings. The molecule has 0 aliphatic carbocycles. The molecule has 2 heterocycles. The molecule has 1 fully saturated rings. The highest BCUT2D eigenvalue weighted by Gasteiger charge is 2.35. The molecular weight excluding hydrogens is 502 g/mol. The molecule has 0 radical (unpaired) electrons. The monoisotopic (exact) mass is 533 g/mol. The van der Waals surface area contributed by atoms with Gasteiger partial charge in [0.2, 0.25) is 15.9 Å². The number of nitrogens with zero attached hydrogens (tertiary/aromatic N) is 3. The fourth-order valence-corrected chi connectivity index (χ4v) is 7.31. The Morgan fingerprint density at radius 1 is 1.00 bits per heavy atom. The first-order valence-corrected chi connectivity index (χ1v) is 14.9. The van der Waals surface area contributed by atoms with Crippen LogP contribution in [-0.2, 0) is 27.8 Å². The summed E-state index contributed by atoms with van der Waals surface area (Å²) in [6, 6.07) is 23.0. The SMILES string of the molecule is CCc1cccc2sc(N(Cc3ccccc3)C(=O)C3CCN(S(=O)(=O)c4ccc(C)cc4)CC3)nc12. The number of para-hydroxylation sites is 1. The second-order valence-corrected chi connectivity index (χ2v) is 12.5. The van der Waals surface area contributed by atoms with Crippen LogP contribution in [0.25, 0.3) is 10.2 Å². The number of carbonyl (C=O) groups excluding carboxylic acids is 1. The Morgan fingerprint density at radius 2 is 1.70 bits per heavy atom. The Hall–Kier alpha value is -3.07. The van der Waals surface area contributed by atoms with Crippen molar-refractivity contribution in [2.45, 2.75) is 44.6 Å². The Morgan fingerprint density at radius 3 is 2.38 bits per heavy atom. The normalized spacial score (nSPS) is 15.2. The van der Waals surface area contributed by atoms with Crippen molar-refractivity contribution in [1.29, 1.82) is 0 Å². The van der Waals surface area contributed by atoms with Crippen LogP contribution in [0.4, 0.5) is 5.13 Å². The van der Waals surface area contributed by atoms with Crippen molar-refractivity contribution in [2.75, 3.05) is 18.0 Å². The van der Waals surface area contributed by atoms with Crippen molar-refractivity contribution in [3.05, 3.63) is 89.5 Å². The van der Waals surface area contributed by atoms with E-state index in [1.54, 1.807) is 17.0 Å². The van der Waals surface area contributed by atoms with Gasteiger partial charge in [-0.3, -0.25) is 9.69 Å². The van der Waals surface area contributed by atoms with Crippen LogP contribution < -0.4 is 4.90 Å². The smallest absolute Gasteiger partial charge is 0.243 e. The third kappa shape index (κ3) is 5.32. The van der Waals surface area contributed by atoms with E-state index in [1.165, 1.54) is 21.2 Å². The Bertz CT molecular complexity index is 1490. The number of benzene rings is 3. The van der Waals surface area contributed by atoms with Crippen molar-refractivity contribution in [3.8, 4) is 0 Å². The fraction of sp³-hybridized carbons (Fsp3) is 0.310. The van der Waals surface area contributed by atoms with E-state index in [2.05, 4.69) is 19.1 Å². The van der Waals surface area contributed by atoms with Gasteiger partial charge in [-0.1, -0.05) is 78.4 Å². The minimum atomic E-state index is -3.58. The molecule has 0 saturated carbocycles. The van der Waals surface area contributed by atoms with Crippen LogP contribution in [0.15, 0.2) is 77.7 Å². The molecule has 1 aliphatic heterocycles. The third-order valence-corrected chi connectivity index (χ3v) is 9.97. The number of piperidine rings is 1. The van der Waals surface area contributed by atoms with Gasteiger partial charge in [-0.05, 0) is 55.5 Å². The highest BCUT2D eigenvalue weighted by atomic mass is 32.2. The third-order valence-electron chi connectivity index (χ3n) is 7.01. The number of fused-ring (bicyclic) bond motifs is 1. The average molecular weight is 534 g/mol. The second kappa shape index (κ2) is 10.7. The largest absolute Gasteiger partial charge is 0.283 e. The molecule has 192 valence electrons. The van der Waals surface area contributed by atoms with Crippen LogP contribution in [-0.4, -0.2) is 36.7 Å². The molecule has 3 aromatic carbocycles. The molecule has 0 atom stereocenters. The van der Waals surface area contributed by atoms with Crippen LogP contribution >= 0.6 is 11.3 Å². The average Bonchev–Trinajstić information content (AvgIpc) is 3.36. The number of carbonyl (C=O) groups is 1. The van der Waals surface area contributed by atoms with Gasteiger partial charge in [-0.25, -0.2) is 13.4 Å². The summed E-state index contributed by atoms with van der Waals surface area (Å²) >= 11 is 1.54. The van der Waals surface area contributed by atoms with Gasteiger partial charge in [-0.2, -0.15) is 4.31 Å². The van der Waals surface area contributed by atoms with E-state index in [4.69, 9.17) is 4.98 Å². The summed E-state index contributed by atoms with van der Waals surface area (Å²) in [4.78, 5) is 20.9. The maximum Gasteiger partial charge on any atom is 0.243 e. The summed E-state index contributed by atoms with van der Waals surface area (Å²) in [6.07, 6.45) is 1.85. The van der Waals surface area contributed by atoms with Gasteiger partial charge in [0.1, 0.15) is 0 Å². The zero-order valence-electron chi connectivity index (χ0n) is 21.1. The first-order valence-electron chi connectivity index (χ1n) is 12.7. The van der Waals surface area contributed by atoms with Gasteiger partial charge >= 0.3 is 0 Å². The summed E-state index contributed by atoms with van der Waals surface area (Å²) < 4.78 is 28.9. The number of hydrogen-bond donors (Lipinski definition) is 0. The lowest BCUT2D eigenvalue weighted by molar-refractivity contribution is -0.123. The molecule has 0 unspecified atom stereocenters. The quantitative estimate of drug-likeness (QED) is 0.301. The van der Waals surface area contributed by atoms with E-state index < -0.39 is 10.0 Å². The highest BCUT2D eigenvalue weighted by molar-refractivity contribution is 7.89. The molecule has 1 aliphatic rings. The van der Waals surface area contributed by atoms with Crippen molar-refractivity contribution in [1.82, 2.24) is 9.29 Å². The van der Waals surface area contributed by atoms with Crippen molar-refractivity contribution in [3.63, 3.8) is 0 Å². The van der Waals surface area contributed by atoms with Crippen molar-refractivity contribution >= 4 is 42.6 Å². The number of sulfonamides is 1. The topological polar surface area (TPSA) is 70.6 Å². The van der Waals surface area contributed by atoms with Gasteiger partial charge in [0.25, 0.3) is 0 Å². The Labute approximate surface area is 222 Å². The number of aryl methyl sites for hydroxylation is 2. The number of thiazole rings is 1. The lowest BCUT2D eigenvalue weighted by Crippen LogP contribution is -2.44. The standard InChI is InChI=1S/C29H31N3O3S2/c1-3-23-10-7-11-26-27(23)30-29(36-26)32(20-22-8-5-4-6-9-22)28(33)24-16-18-31(19-17-24)37(34,35)25-14-12-21(2)13-15-25/h4-15,24H,3,16-20H2,1-2H3. The molecule has 8 heteroatoms. The van der Waals surface area contributed by atoms with Crippen molar-refractivity contribution in [2.24, 2.45) is 5.92 Å². The predicted octanol–water partition coefficient (Wildman–Crippen LogP) is 5.80. The maximum absolute atomic E-state index is 13.9. The zero-order chi connectivity index (χ0) is 26.0. The van der Waals surface area contributed by atoms with Gasteiger partial charge < -0.3 is 0 Å². The van der Waals surface area contributed by atoms with Gasteiger partial charge in [0.15, 0.2) is 5.13 Å². The number of aromatic nitrogens is 1. The van der Waals surface area contributed by atoms with E-state index in [1.807, 2.05) is 55.5 Å². The molecule has 1 aromatic heterocycles. The molecule has 1 amide bonds. The van der Waals surface area contributed by atoms with Crippen LogP contribution in [0.5, 0.6) is 0 Å². The van der Waals surface area contributed by atoms with Crippen LogP contribution in [0, 0.1) is 12.8 Å². The Kier molecular flexibility index (Phi) is 7.42. The minimum Gasteiger partial charge on any atom is -0.283 e. The maximum atomic E-state index is 13.9. The van der Waals surface area contributed by atoms with Crippen LogP contribution in [0.3, 0.4) is 0 Å². The lowest BCUT2D eigenvalue weighted by atomic mass is 9.96. The molecule has 0 bridgehead atoms. The molecule has 37 heavy (non-hydrogen) atoms. The van der Waals surface area contributed by atoms with Gasteiger partial charge in [0.05, 0.1) is 21.7 Å².